The first-order valence-electron chi connectivity index (χ1n) is 14.8. The van der Waals surface area contributed by atoms with Crippen LogP contribution < -0.4 is 10.3 Å². The first-order chi connectivity index (χ1) is 20.9. The number of aryl methyl sites for hydroxylation is 1. The Kier molecular flexibility index (Phi) is 10.5. The Hall–Kier alpha value is -4.19. The summed E-state index contributed by atoms with van der Waals surface area (Å²) in [6.45, 7) is 10.0. The van der Waals surface area contributed by atoms with Gasteiger partial charge in [0.05, 0.1) is 12.7 Å². The predicted molar refractivity (Wildman–Crippen MR) is 160 cm³/mol. The molecule has 1 fully saturated rings. The van der Waals surface area contributed by atoms with Crippen LogP contribution in [0.1, 0.15) is 70.7 Å². The summed E-state index contributed by atoms with van der Waals surface area (Å²) in [7, 11) is 0. The molecule has 0 bridgehead atoms. The minimum atomic E-state index is -2.08. The lowest BCUT2D eigenvalue weighted by atomic mass is 9.78. The Morgan fingerprint density at radius 2 is 1.75 bits per heavy atom. The van der Waals surface area contributed by atoms with E-state index in [0.29, 0.717) is 23.8 Å². The number of fused-ring (bicyclic) bond motifs is 1. The van der Waals surface area contributed by atoms with E-state index in [4.69, 9.17) is 18.9 Å². The summed E-state index contributed by atoms with van der Waals surface area (Å²) in [6.07, 6.45) is 1.88. The molecule has 3 aromatic rings. The SMILES string of the molecule is CC(C)OC(=O)C(CCn1nnc2cccnc2c1=O)(CC(=O)c1ccc(OCC2CCOCC2)cc1)C(=O)OC(C)(C)C. The summed E-state index contributed by atoms with van der Waals surface area (Å²) in [4.78, 5) is 58.5. The van der Waals surface area contributed by atoms with E-state index in [1.807, 2.05) is 0 Å². The average molecular weight is 609 g/mol. The quantitative estimate of drug-likeness (QED) is 0.167. The van der Waals surface area contributed by atoms with Crippen molar-refractivity contribution in [1.29, 1.82) is 0 Å². The van der Waals surface area contributed by atoms with Gasteiger partial charge in [-0.2, -0.15) is 0 Å². The molecule has 236 valence electrons. The highest BCUT2D eigenvalue weighted by atomic mass is 16.6. The normalized spacial score (nSPS) is 15.5. The van der Waals surface area contributed by atoms with E-state index in [1.165, 1.54) is 6.20 Å². The van der Waals surface area contributed by atoms with E-state index < -0.39 is 46.8 Å². The van der Waals surface area contributed by atoms with Crippen LogP contribution in [0.4, 0.5) is 0 Å². The van der Waals surface area contributed by atoms with E-state index in [1.54, 1.807) is 71.0 Å². The van der Waals surface area contributed by atoms with Gasteiger partial charge in [-0.15, -0.1) is 5.10 Å². The van der Waals surface area contributed by atoms with E-state index in [9.17, 15) is 19.2 Å². The number of rotatable bonds is 12. The molecule has 1 unspecified atom stereocenters. The fourth-order valence-electron chi connectivity index (χ4n) is 4.81. The third-order valence-electron chi connectivity index (χ3n) is 7.22. The molecule has 2 aromatic heterocycles. The molecule has 1 aromatic carbocycles. The Morgan fingerprint density at radius 1 is 1.05 bits per heavy atom. The summed E-state index contributed by atoms with van der Waals surface area (Å²) < 4.78 is 23.5. The van der Waals surface area contributed by atoms with Gasteiger partial charge in [0.25, 0.3) is 5.56 Å². The van der Waals surface area contributed by atoms with Gasteiger partial charge in [0.15, 0.2) is 16.7 Å². The Labute approximate surface area is 256 Å². The minimum absolute atomic E-state index is 0.0883. The third kappa shape index (κ3) is 8.25. The van der Waals surface area contributed by atoms with Gasteiger partial charge in [-0.25, -0.2) is 9.67 Å². The number of aromatic nitrogens is 4. The van der Waals surface area contributed by atoms with Gasteiger partial charge in [-0.1, -0.05) is 5.21 Å². The summed E-state index contributed by atoms with van der Waals surface area (Å²) in [6, 6.07) is 9.80. The lowest BCUT2D eigenvalue weighted by molar-refractivity contribution is -0.182. The number of ketones is 1. The molecule has 1 atom stereocenters. The second kappa shape index (κ2) is 14.1. The molecule has 3 heterocycles. The molecule has 0 radical (unpaired) electrons. The number of hydrogen-bond donors (Lipinski definition) is 0. The van der Waals surface area contributed by atoms with Gasteiger partial charge in [-0.3, -0.25) is 19.2 Å². The van der Waals surface area contributed by atoms with Crippen molar-refractivity contribution in [2.75, 3.05) is 19.8 Å². The number of carbonyl (C=O) groups is 3. The summed E-state index contributed by atoms with van der Waals surface area (Å²) in [5.74, 6) is -1.33. The Balaban J connectivity index is 1.62. The number of benzene rings is 1. The first-order valence-corrected chi connectivity index (χ1v) is 14.8. The smallest absolute Gasteiger partial charge is 0.324 e. The van der Waals surface area contributed by atoms with Crippen molar-refractivity contribution < 1.29 is 33.3 Å². The topological polar surface area (TPSA) is 149 Å². The maximum absolute atomic E-state index is 13.8. The van der Waals surface area contributed by atoms with E-state index in [2.05, 4.69) is 15.3 Å². The molecular formula is C32H40N4O8. The predicted octanol–water partition coefficient (Wildman–Crippen LogP) is 3.93. The van der Waals surface area contributed by atoms with Crippen LogP contribution in [0, 0.1) is 11.3 Å². The van der Waals surface area contributed by atoms with E-state index in [0.717, 1.165) is 30.7 Å². The van der Waals surface area contributed by atoms with E-state index >= 15 is 0 Å². The molecule has 0 aliphatic carbocycles. The molecule has 1 aliphatic rings. The van der Waals surface area contributed by atoms with Crippen molar-refractivity contribution in [3.05, 3.63) is 58.5 Å². The maximum atomic E-state index is 13.8. The molecule has 4 rings (SSSR count). The monoisotopic (exact) mass is 608 g/mol. The minimum Gasteiger partial charge on any atom is -0.493 e. The van der Waals surface area contributed by atoms with Crippen LogP contribution in [0.2, 0.25) is 0 Å². The molecule has 0 saturated carbocycles. The van der Waals surface area contributed by atoms with Crippen molar-refractivity contribution in [3.8, 4) is 5.75 Å². The lowest BCUT2D eigenvalue weighted by Gasteiger charge is -2.33. The fraction of sp³-hybridized carbons (Fsp3) is 0.531. The van der Waals surface area contributed by atoms with Crippen molar-refractivity contribution >= 4 is 28.8 Å². The van der Waals surface area contributed by atoms with Crippen molar-refractivity contribution in [1.82, 2.24) is 20.0 Å². The van der Waals surface area contributed by atoms with Crippen LogP contribution in [0.15, 0.2) is 47.4 Å². The third-order valence-corrected chi connectivity index (χ3v) is 7.22. The van der Waals surface area contributed by atoms with Gasteiger partial charge in [0, 0.05) is 37.9 Å². The van der Waals surface area contributed by atoms with Crippen LogP contribution in [-0.2, 0) is 30.3 Å². The van der Waals surface area contributed by atoms with Gasteiger partial charge >= 0.3 is 11.9 Å². The summed E-state index contributed by atoms with van der Waals surface area (Å²) in [5, 5.41) is 8.00. The number of nitrogens with zero attached hydrogens (tertiary/aromatic N) is 4. The van der Waals surface area contributed by atoms with Crippen LogP contribution in [0.5, 0.6) is 5.75 Å². The van der Waals surface area contributed by atoms with Crippen molar-refractivity contribution in [3.63, 3.8) is 0 Å². The number of Topliss-reactive ketones (excluding diaryl/α,β-unsaturated/α-hetero) is 1. The number of hydrogen-bond acceptors (Lipinski definition) is 11. The highest BCUT2D eigenvalue weighted by Crippen LogP contribution is 2.35. The molecule has 0 N–H and O–H groups in total. The van der Waals surface area contributed by atoms with Crippen LogP contribution in [0.25, 0.3) is 11.0 Å². The van der Waals surface area contributed by atoms with Gasteiger partial charge in [0.2, 0.25) is 0 Å². The summed E-state index contributed by atoms with van der Waals surface area (Å²) in [5.41, 5.74) is -2.93. The molecule has 1 aliphatic heterocycles. The zero-order valence-electron chi connectivity index (χ0n) is 25.9. The highest BCUT2D eigenvalue weighted by molar-refractivity contribution is 6.07. The molecule has 0 spiro atoms. The van der Waals surface area contributed by atoms with Crippen LogP contribution >= 0.6 is 0 Å². The number of ether oxygens (including phenoxy) is 4. The number of esters is 2. The van der Waals surface area contributed by atoms with Crippen LogP contribution in [-0.4, -0.2) is 69.2 Å². The van der Waals surface area contributed by atoms with Crippen LogP contribution in [0.3, 0.4) is 0 Å². The maximum Gasteiger partial charge on any atom is 0.324 e. The molecule has 12 heteroatoms. The second-order valence-electron chi connectivity index (χ2n) is 12.3. The van der Waals surface area contributed by atoms with Gasteiger partial charge in [-0.05, 0) is 96.2 Å². The largest absolute Gasteiger partial charge is 0.493 e. The van der Waals surface area contributed by atoms with Gasteiger partial charge in [0.1, 0.15) is 16.9 Å². The molecule has 12 nitrogen and oxygen atoms in total. The standard InChI is InChI=1S/C32H40N4O8/c1-21(2)43-29(39)32(30(40)44-31(3,4)5,14-16-36-28(38)27-25(34-35-36)7-6-15-33-27)19-26(37)23-8-10-24(11-9-23)42-20-22-12-17-41-18-13-22/h6-11,15,21-22H,12-14,16-20H2,1-5H3. The highest BCUT2D eigenvalue weighted by Gasteiger charge is 2.52. The molecule has 0 amide bonds. The molecule has 44 heavy (non-hydrogen) atoms. The Bertz CT molecular complexity index is 1520. The second-order valence-corrected chi connectivity index (χ2v) is 12.3. The number of carbonyl (C=O) groups excluding carboxylic acids is 3. The van der Waals surface area contributed by atoms with Crippen molar-refractivity contribution in [2.45, 2.75) is 78.6 Å². The molecular weight excluding hydrogens is 568 g/mol. The number of pyridine rings is 1. The zero-order chi connectivity index (χ0) is 31.9. The fourth-order valence-corrected chi connectivity index (χ4v) is 4.81. The first kappa shape index (κ1) is 32.7. The van der Waals surface area contributed by atoms with Crippen molar-refractivity contribution in [2.24, 2.45) is 11.3 Å². The average Bonchev–Trinajstić information content (AvgIpc) is 2.98. The lowest BCUT2D eigenvalue weighted by Crippen LogP contribution is -2.48. The summed E-state index contributed by atoms with van der Waals surface area (Å²) >= 11 is 0. The van der Waals surface area contributed by atoms with Gasteiger partial charge < -0.3 is 18.9 Å². The Morgan fingerprint density at radius 3 is 2.41 bits per heavy atom. The zero-order valence-corrected chi connectivity index (χ0v) is 25.9. The molecule has 1 saturated heterocycles. The van der Waals surface area contributed by atoms with E-state index in [-0.39, 0.29) is 24.0 Å².